The van der Waals surface area contributed by atoms with Gasteiger partial charge in [-0.15, -0.1) is 0 Å². The fourth-order valence-corrected chi connectivity index (χ4v) is 4.03. The second kappa shape index (κ2) is 4.32. The minimum atomic E-state index is -3.50. The molecule has 6 nitrogen and oxygen atoms in total. The molecule has 2 heterocycles. The molecule has 0 saturated carbocycles. The average Bonchev–Trinajstić information content (AvgIpc) is 2.58. The van der Waals surface area contributed by atoms with Crippen LogP contribution < -0.4 is 0 Å². The molecule has 0 amide bonds. The predicted octanol–water partition coefficient (Wildman–Crippen LogP) is 0.562. The second-order valence-electron chi connectivity index (χ2n) is 5.16. The lowest BCUT2D eigenvalue weighted by Crippen LogP contribution is -2.45. The summed E-state index contributed by atoms with van der Waals surface area (Å²) in [5.74, 6) is 0. The van der Waals surface area contributed by atoms with Gasteiger partial charge in [0.25, 0.3) is 0 Å². The van der Waals surface area contributed by atoms with Gasteiger partial charge < -0.3 is 5.11 Å². The van der Waals surface area contributed by atoms with Crippen molar-refractivity contribution >= 4 is 10.0 Å². The molecular weight excluding hydrogens is 254 g/mol. The number of hydrogen-bond donors (Lipinski definition) is 2. The summed E-state index contributed by atoms with van der Waals surface area (Å²) in [5, 5.41) is 16.5. The minimum Gasteiger partial charge on any atom is -0.390 e. The van der Waals surface area contributed by atoms with Crippen molar-refractivity contribution < 1.29 is 13.5 Å². The number of nitrogens with one attached hydrogen (secondary N) is 1. The maximum atomic E-state index is 12.5. The van der Waals surface area contributed by atoms with Gasteiger partial charge in [-0.25, -0.2) is 8.42 Å². The smallest absolute Gasteiger partial charge is 0.246 e. The monoisotopic (exact) mass is 273 g/mol. The van der Waals surface area contributed by atoms with Crippen LogP contribution in [0.4, 0.5) is 0 Å². The van der Waals surface area contributed by atoms with Gasteiger partial charge in [0.15, 0.2) is 0 Å². The number of aryl methyl sites for hydroxylation is 2. The number of piperidine rings is 1. The van der Waals surface area contributed by atoms with E-state index >= 15 is 0 Å². The summed E-state index contributed by atoms with van der Waals surface area (Å²) in [6.45, 7) is 5.81. The lowest BCUT2D eigenvalue weighted by atomic mass is 9.95. The molecule has 1 saturated heterocycles. The normalized spacial score (nSPS) is 21.1. The molecule has 1 aliphatic heterocycles. The molecule has 0 atom stereocenters. The second-order valence-corrected chi connectivity index (χ2v) is 7.04. The Morgan fingerprint density at radius 1 is 1.33 bits per heavy atom. The van der Waals surface area contributed by atoms with Gasteiger partial charge in [-0.3, -0.25) is 5.10 Å². The van der Waals surface area contributed by atoms with Crippen LogP contribution in [0.15, 0.2) is 4.90 Å². The summed E-state index contributed by atoms with van der Waals surface area (Å²) in [5.41, 5.74) is 0.293. The van der Waals surface area contributed by atoms with Crippen LogP contribution in [0.5, 0.6) is 0 Å². The van der Waals surface area contributed by atoms with E-state index in [2.05, 4.69) is 10.2 Å². The Hall–Kier alpha value is -0.920. The van der Waals surface area contributed by atoms with Crippen LogP contribution in [0.25, 0.3) is 0 Å². The highest BCUT2D eigenvalue weighted by Crippen LogP contribution is 2.28. The van der Waals surface area contributed by atoms with Crippen molar-refractivity contribution in [2.24, 2.45) is 0 Å². The van der Waals surface area contributed by atoms with E-state index in [0.29, 0.717) is 37.3 Å². The summed E-state index contributed by atoms with van der Waals surface area (Å²) in [7, 11) is -3.50. The molecule has 2 N–H and O–H groups in total. The highest BCUT2D eigenvalue weighted by atomic mass is 32.2. The van der Waals surface area contributed by atoms with Crippen LogP contribution in [-0.2, 0) is 10.0 Å². The molecule has 1 aromatic heterocycles. The number of hydrogen-bond acceptors (Lipinski definition) is 4. The molecule has 0 spiro atoms. The fraction of sp³-hybridized carbons (Fsp3) is 0.727. The highest BCUT2D eigenvalue weighted by Gasteiger charge is 2.36. The standard InChI is InChI=1S/C11H19N3O3S/c1-8-10(9(2)13-12-8)18(16,17)14-6-4-11(3,15)5-7-14/h15H,4-7H2,1-3H3,(H,12,13). The largest absolute Gasteiger partial charge is 0.390 e. The van der Waals surface area contributed by atoms with Crippen molar-refractivity contribution in [3.8, 4) is 0 Å². The lowest BCUT2D eigenvalue weighted by Gasteiger charge is -2.34. The first-order chi connectivity index (χ1) is 8.24. The molecule has 0 aliphatic carbocycles. The minimum absolute atomic E-state index is 0.268. The SMILES string of the molecule is Cc1n[nH]c(C)c1S(=O)(=O)N1CCC(C)(O)CC1. The van der Waals surface area contributed by atoms with Gasteiger partial charge >= 0.3 is 0 Å². The number of sulfonamides is 1. The molecule has 0 bridgehead atoms. The molecular formula is C11H19N3O3S. The first-order valence-corrected chi connectivity index (χ1v) is 7.42. The third kappa shape index (κ3) is 2.30. The highest BCUT2D eigenvalue weighted by molar-refractivity contribution is 7.89. The van der Waals surface area contributed by atoms with Crippen molar-refractivity contribution in [3.63, 3.8) is 0 Å². The summed E-state index contributed by atoms with van der Waals surface area (Å²) in [4.78, 5) is 0.268. The van der Waals surface area contributed by atoms with E-state index in [9.17, 15) is 13.5 Å². The van der Waals surface area contributed by atoms with Gasteiger partial charge in [0.05, 0.1) is 17.0 Å². The Labute approximate surface area is 107 Å². The quantitative estimate of drug-likeness (QED) is 0.824. The van der Waals surface area contributed by atoms with E-state index in [1.165, 1.54) is 4.31 Å². The molecule has 1 aromatic rings. The van der Waals surface area contributed by atoms with E-state index in [1.54, 1.807) is 20.8 Å². The van der Waals surface area contributed by atoms with Gasteiger partial charge in [0, 0.05) is 13.1 Å². The van der Waals surface area contributed by atoms with E-state index in [0.717, 1.165) is 0 Å². The summed E-state index contributed by atoms with van der Waals surface area (Å²) >= 11 is 0. The Kier molecular flexibility index (Phi) is 3.25. The topological polar surface area (TPSA) is 86.3 Å². The molecule has 102 valence electrons. The molecule has 1 aliphatic rings. The van der Waals surface area contributed by atoms with Crippen LogP contribution in [0, 0.1) is 13.8 Å². The zero-order valence-electron chi connectivity index (χ0n) is 10.9. The van der Waals surface area contributed by atoms with Crippen LogP contribution in [0.2, 0.25) is 0 Å². The van der Waals surface area contributed by atoms with Crippen molar-refractivity contribution in [3.05, 3.63) is 11.4 Å². The lowest BCUT2D eigenvalue weighted by molar-refractivity contribution is 0.0126. The molecule has 0 unspecified atom stereocenters. The Bertz CT molecular complexity index is 518. The van der Waals surface area contributed by atoms with Crippen LogP contribution in [0.1, 0.15) is 31.2 Å². The van der Waals surface area contributed by atoms with E-state index in [4.69, 9.17) is 0 Å². The maximum Gasteiger partial charge on any atom is 0.246 e. The van der Waals surface area contributed by atoms with Crippen molar-refractivity contribution in [2.75, 3.05) is 13.1 Å². The van der Waals surface area contributed by atoms with Gasteiger partial charge in [0.1, 0.15) is 4.90 Å². The third-order valence-electron chi connectivity index (χ3n) is 3.46. The molecule has 0 radical (unpaired) electrons. The van der Waals surface area contributed by atoms with E-state index in [1.807, 2.05) is 0 Å². The molecule has 7 heteroatoms. The number of aliphatic hydroxyl groups is 1. The van der Waals surface area contributed by atoms with Gasteiger partial charge in [0.2, 0.25) is 10.0 Å². The van der Waals surface area contributed by atoms with Gasteiger partial charge in [-0.05, 0) is 33.6 Å². The number of nitrogens with zero attached hydrogens (tertiary/aromatic N) is 2. The molecule has 1 fully saturated rings. The predicted molar refractivity (Wildman–Crippen MR) is 66.7 cm³/mol. The Morgan fingerprint density at radius 2 is 1.89 bits per heavy atom. The zero-order chi connectivity index (χ0) is 13.6. The van der Waals surface area contributed by atoms with Crippen molar-refractivity contribution in [1.82, 2.24) is 14.5 Å². The van der Waals surface area contributed by atoms with E-state index < -0.39 is 15.6 Å². The zero-order valence-corrected chi connectivity index (χ0v) is 11.7. The average molecular weight is 273 g/mol. The van der Waals surface area contributed by atoms with Crippen LogP contribution in [-0.4, -0.2) is 46.7 Å². The fourth-order valence-electron chi connectivity index (χ4n) is 2.26. The van der Waals surface area contributed by atoms with Crippen molar-refractivity contribution in [1.29, 1.82) is 0 Å². The Morgan fingerprint density at radius 3 is 2.33 bits per heavy atom. The maximum absolute atomic E-state index is 12.5. The summed E-state index contributed by atoms with van der Waals surface area (Å²) in [6.07, 6.45) is 0.921. The van der Waals surface area contributed by atoms with Crippen LogP contribution in [0.3, 0.4) is 0 Å². The first kappa shape index (κ1) is 13.5. The number of aromatic nitrogens is 2. The number of aromatic amines is 1. The summed E-state index contributed by atoms with van der Waals surface area (Å²) < 4.78 is 26.4. The van der Waals surface area contributed by atoms with Crippen LogP contribution >= 0.6 is 0 Å². The molecule has 18 heavy (non-hydrogen) atoms. The molecule has 2 rings (SSSR count). The number of rotatable bonds is 2. The Balaban J connectivity index is 2.29. The van der Waals surface area contributed by atoms with Gasteiger partial charge in [-0.2, -0.15) is 9.40 Å². The van der Waals surface area contributed by atoms with Gasteiger partial charge in [-0.1, -0.05) is 0 Å². The van der Waals surface area contributed by atoms with E-state index in [-0.39, 0.29) is 4.90 Å². The molecule has 0 aromatic carbocycles. The number of H-pyrrole nitrogens is 1. The van der Waals surface area contributed by atoms with Crippen molar-refractivity contribution in [2.45, 2.75) is 44.1 Å². The first-order valence-electron chi connectivity index (χ1n) is 5.98. The third-order valence-corrected chi connectivity index (χ3v) is 5.62. The summed E-state index contributed by atoms with van der Waals surface area (Å²) in [6, 6.07) is 0.